The van der Waals surface area contributed by atoms with Gasteiger partial charge in [-0.05, 0) is 43.3 Å². The lowest BCUT2D eigenvalue weighted by atomic mass is 10.2. The van der Waals surface area contributed by atoms with Gasteiger partial charge in [-0.1, -0.05) is 54.1 Å². The van der Waals surface area contributed by atoms with Gasteiger partial charge in [-0.15, -0.1) is 0 Å². The van der Waals surface area contributed by atoms with Crippen molar-refractivity contribution < 1.29 is 13.2 Å². The van der Waals surface area contributed by atoms with Gasteiger partial charge in [-0.3, -0.25) is 14.1 Å². The average Bonchev–Trinajstić information content (AvgIpc) is 2.78. The Hall–Kier alpha value is -3.71. The summed E-state index contributed by atoms with van der Waals surface area (Å²) in [5.74, 6) is -0.449. The van der Waals surface area contributed by atoms with Crippen LogP contribution in [0.4, 0.5) is 11.4 Å². The quantitative estimate of drug-likeness (QED) is 0.491. The number of fused-ring (bicyclic) bond motifs is 1. The maximum Gasteiger partial charge on any atom is 0.264 e. The fraction of sp³-hybridized carbons (Fsp3) is 0.0833. The molecule has 0 aliphatic carbocycles. The zero-order valence-electron chi connectivity index (χ0n) is 16.9. The molecule has 1 N–H and O–H groups in total. The van der Waals surface area contributed by atoms with Gasteiger partial charge in [0.2, 0.25) is 5.91 Å². The Kier molecular flexibility index (Phi) is 5.68. The molecule has 0 fully saturated rings. The second-order valence-electron chi connectivity index (χ2n) is 7.09. The number of anilines is 2. The Morgan fingerprint density at radius 1 is 0.903 bits per heavy atom. The van der Waals surface area contributed by atoms with Crippen LogP contribution in [0.25, 0.3) is 10.9 Å². The molecule has 0 aliphatic heterocycles. The number of benzene rings is 3. The van der Waals surface area contributed by atoms with Gasteiger partial charge in [0, 0.05) is 17.3 Å². The summed E-state index contributed by atoms with van der Waals surface area (Å²) < 4.78 is 28.3. The number of hydrogen-bond acceptors (Lipinski definition) is 4. The molecule has 3 aromatic carbocycles. The van der Waals surface area contributed by atoms with Gasteiger partial charge in [0.25, 0.3) is 10.0 Å². The minimum atomic E-state index is -4.02. The summed E-state index contributed by atoms with van der Waals surface area (Å²) in [6, 6.07) is 24.4. The van der Waals surface area contributed by atoms with E-state index in [0.29, 0.717) is 16.9 Å². The maximum atomic E-state index is 13.6. The van der Waals surface area contributed by atoms with E-state index in [4.69, 9.17) is 0 Å². The van der Waals surface area contributed by atoms with E-state index in [1.54, 1.807) is 72.9 Å². The molecule has 31 heavy (non-hydrogen) atoms. The van der Waals surface area contributed by atoms with Gasteiger partial charge in [-0.2, -0.15) is 0 Å². The van der Waals surface area contributed by atoms with Crippen molar-refractivity contribution in [1.29, 1.82) is 0 Å². The molecule has 0 atom stereocenters. The van der Waals surface area contributed by atoms with Crippen LogP contribution in [0, 0.1) is 6.92 Å². The van der Waals surface area contributed by atoms with Crippen molar-refractivity contribution in [3.05, 3.63) is 96.7 Å². The first-order valence-corrected chi connectivity index (χ1v) is 11.2. The summed E-state index contributed by atoms with van der Waals surface area (Å²) >= 11 is 0. The molecule has 0 aliphatic rings. The lowest BCUT2D eigenvalue weighted by molar-refractivity contribution is -0.114. The number of rotatable bonds is 6. The van der Waals surface area contributed by atoms with Crippen LogP contribution in [0.1, 0.15) is 5.56 Å². The van der Waals surface area contributed by atoms with Crippen LogP contribution in [0.5, 0.6) is 0 Å². The Labute approximate surface area is 181 Å². The number of sulfonamides is 1. The first-order valence-electron chi connectivity index (χ1n) is 9.73. The smallest absolute Gasteiger partial charge is 0.264 e. The van der Waals surface area contributed by atoms with Crippen molar-refractivity contribution in [3.63, 3.8) is 0 Å². The lowest BCUT2D eigenvalue weighted by Crippen LogP contribution is -2.38. The zero-order chi connectivity index (χ0) is 21.8. The van der Waals surface area contributed by atoms with Crippen molar-refractivity contribution in [2.45, 2.75) is 11.8 Å². The Bertz CT molecular complexity index is 1320. The van der Waals surface area contributed by atoms with E-state index in [1.165, 1.54) is 0 Å². The van der Waals surface area contributed by atoms with Crippen LogP contribution in [0.2, 0.25) is 0 Å². The van der Waals surface area contributed by atoms with Crippen LogP contribution in [0.15, 0.2) is 96.0 Å². The normalized spacial score (nSPS) is 11.3. The molecule has 6 nitrogen and oxygen atoms in total. The number of carbonyl (C=O) groups excluding carboxylic acids is 1. The van der Waals surface area contributed by atoms with Crippen LogP contribution in [0.3, 0.4) is 0 Å². The summed E-state index contributed by atoms with van der Waals surface area (Å²) in [6.45, 7) is 1.50. The summed E-state index contributed by atoms with van der Waals surface area (Å²) in [7, 11) is -4.02. The second kappa shape index (κ2) is 8.57. The van der Waals surface area contributed by atoms with E-state index in [-0.39, 0.29) is 11.4 Å². The minimum Gasteiger partial charge on any atom is -0.325 e. The van der Waals surface area contributed by atoms with Crippen LogP contribution >= 0.6 is 0 Å². The first-order chi connectivity index (χ1) is 14.9. The minimum absolute atomic E-state index is 0.110. The van der Waals surface area contributed by atoms with E-state index in [0.717, 1.165) is 15.3 Å². The SMILES string of the molecule is Cc1ccc(S(=O)(=O)N(CC(=O)Nc2ccccc2)c2cccc3cccnc23)cc1. The molecule has 4 aromatic rings. The van der Waals surface area contributed by atoms with E-state index < -0.39 is 15.9 Å². The van der Waals surface area contributed by atoms with Gasteiger partial charge in [0.15, 0.2) is 0 Å². The number of para-hydroxylation sites is 2. The van der Waals surface area contributed by atoms with E-state index in [1.807, 2.05) is 25.1 Å². The molecule has 1 amide bonds. The Balaban J connectivity index is 1.78. The molecule has 4 rings (SSSR count). The molecule has 0 radical (unpaired) electrons. The van der Waals surface area contributed by atoms with Gasteiger partial charge in [0.1, 0.15) is 6.54 Å². The van der Waals surface area contributed by atoms with E-state index in [2.05, 4.69) is 10.3 Å². The van der Waals surface area contributed by atoms with Crippen LogP contribution < -0.4 is 9.62 Å². The number of carbonyl (C=O) groups is 1. The van der Waals surface area contributed by atoms with Crippen molar-refractivity contribution in [2.75, 3.05) is 16.2 Å². The predicted molar refractivity (Wildman–Crippen MR) is 123 cm³/mol. The highest BCUT2D eigenvalue weighted by atomic mass is 32.2. The van der Waals surface area contributed by atoms with Crippen molar-refractivity contribution >= 4 is 38.2 Å². The number of amides is 1. The number of nitrogens with one attached hydrogen (secondary N) is 1. The third-order valence-electron chi connectivity index (χ3n) is 4.83. The molecule has 0 spiro atoms. The second-order valence-corrected chi connectivity index (χ2v) is 8.95. The standard InChI is InChI=1S/C24H21N3O3S/c1-18-12-14-21(15-13-18)31(29,30)27(17-23(28)26-20-9-3-2-4-10-20)22-11-5-7-19-8-6-16-25-24(19)22/h2-16H,17H2,1H3,(H,26,28). The summed E-state index contributed by atoms with van der Waals surface area (Å²) in [5.41, 5.74) is 2.39. The number of aryl methyl sites for hydroxylation is 1. The van der Waals surface area contributed by atoms with Gasteiger partial charge >= 0.3 is 0 Å². The molecule has 1 heterocycles. The van der Waals surface area contributed by atoms with Gasteiger partial charge < -0.3 is 5.32 Å². The maximum absolute atomic E-state index is 13.6. The fourth-order valence-corrected chi connectivity index (χ4v) is 4.71. The van der Waals surface area contributed by atoms with Crippen molar-refractivity contribution in [1.82, 2.24) is 4.98 Å². The summed E-state index contributed by atoms with van der Waals surface area (Å²) in [4.78, 5) is 17.3. The average molecular weight is 432 g/mol. The zero-order valence-corrected chi connectivity index (χ0v) is 17.7. The van der Waals surface area contributed by atoms with E-state index in [9.17, 15) is 13.2 Å². The number of aromatic nitrogens is 1. The summed E-state index contributed by atoms with van der Waals surface area (Å²) in [6.07, 6.45) is 1.60. The lowest BCUT2D eigenvalue weighted by Gasteiger charge is -2.25. The van der Waals surface area contributed by atoms with Gasteiger partial charge in [-0.25, -0.2) is 8.42 Å². The highest BCUT2D eigenvalue weighted by Crippen LogP contribution is 2.30. The number of nitrogens with zero attached hydrogens (tertiary/aromatic N) is 2. The van der Waals surface area contributed by atoms with Crippen molar-refractivity contribution in [2.24, 2.45) is 0 Å². The topological polar surface area (TPSA) is 79.4 Å². The summed E-state index contributed by atoms with van der Waals surface area (Å²) in [5, 5.41) is 3.54. The molecule has 0 bridgehead atoms. The highest BCUT2D eigenvalue weighted by molar-refractivity contribution is 7.92. The highest BCUT2D eigenvalue weighted by Gasteiger charge is 2.28. The fourth-order valence-electron chi connectivity index (χ4n) is 3.28. The largest absolute Gasteiger partial charge is 0.325 e. The molecular weight excluding hydrogens is 410 g/mol. The molecule has 0 unspecified atom stereocenters. The molecule has 0 saturated carbocycles. The van der Waals surface area contributed by atoms with E-state index >= 15 is 0 Å². The monoisotopic (exact) mass is 431 g/mol. The number of hydrogen-bond donors (Lipinski definition) is 1. The predicted octanol–water partition coefficient (Wildman–Crippen LogP) is 4.38. The third kappa shape index (κ3) is 4.41. The third-order valence-corrected chi connectivity index (χ3v) is 6.61. The first kappa shape index (κ1) is 20.6. The number of pyridine rings is 1. The van der Waals surface area contributed by atoms with Gasteiger partial charge in [0.05, 0.1) is 16.1 Å². The van der Waals surface area contributed by atoms with Crippen molar-refractivity contribution in [3.8, 4) is 0 Å². The Morgan fingerprint density at radius 3 is 2.35 bits per heavy atom. The molecule has 156 valence electrons. The van der Waals surface area contributed by atoms with Crippen LogP contribution in [-0.4, -0.2) is 25.9 Å². The van der Waals surface area contributed by atoms with Crippen LogP contribution in [-0.2, 0) is 14.8 Å². The molecule has 0 saturated heterocycles. The molecule has 7 heteroatoms. The molecular formula is C24H21N3O3S. The Morgan fingerprint density at radius 2 is 1.61 bits per heavy atom. The molecule has 1 aromatic heterocycles.